The van der Waals surface area contributed by atoms with Crippen molar-refractivity contribution in [1.82, 2.24) is 19.7 Å². The van der Waals surface area contributed by atoms with Crippen LogP contribution in [-0.4, -0.2) is 32.3 Å². The van der Waals surface area contributed by atoms with Crippen molar-refractivity contribution < 1.29 is 9.53 Å². The number of imidazole rings is 1. The lowest BCUT2D eigenvalue weighted by Gasteiger charge is -2.06. The number of nitrogens with zero attached hydrogens (tertiary/aromatic N) is 3. The number of nitrogens with two attached hydrogens (primary N) is 1. The summed E-state index contributed by atoms with van der Waals surface area (Å²) in [5, 5.41) is 6.82. The molecule has 0 spiro atoms. The van der Waals surface area contributed by atoms with Gasteiger partial charge in [-0.05, 0) is 20.8 Å². The van der Waals surface area contributed by atoms with Gasteiger partial charge in [-0.15, -0.1) is 0 Å². The molecule has 2 rings (SSSR count). The highest BCUT2D eigenvalue weighted by Crippen LogP contribution is 2.18. The summed E-state index contributed by atoms with van der Waals surface area (Å²) in [6.07, 6.45) is 1.73. The van der Waals surface area contributed by atoms with Gasteiger partial charge in [-0.2, -0.15) is 5.10 Å². The number of hydrogen-bond acceptors (Lipinski definition) is 5. The van der Waals surface area contributed by atoms with Gasteiger partial charge in [-0.25, -0.2) is 9.78 Å². The first-order chi connectivity index (χ1) is 9.04. The van der Waals surface area contributed by atoms with Gasteiger partial charge in [0.05, 0.1) is 19.3 Å². The molecule has 102 valence electrons. The lowest BCUT2D eigenvalue weighted by molar-refractivity contribution is 0.0521. The van der Waals surface area contributed by atoms with Crippen molar-refractivity contribution in [2.24, 2.45) is 0 Å². The molecule has 2 heterocycles. The monoisotopic (exact) mass is 263 g/mol. The Balaban J connectivity index is 2.32. The third kappa shape index (κ3) is 2.44. The second-order valence-electron chi connectivity index (χ2n) is 4.22. The number of carbonyl (C=O) groups is 1. The Labute approximate surface area is 110 Å². The maximum Gasteiger partial charge on any atom is 0.360 e. The van der Waals surface area contributed by atoms with Crippen molar-refractivity contribution in [3.8, 4) is 0 Å². The highest BCUT2D eigenvalue weighted by molar-refractivity contribution is 5.92. The van der Waals surface area contributed by atoms with E-state index >= 15 is 0 Å². The minimum atomic E-state index is -0.495. The molecule has 0 amide bonds. The van der Waals surface area contributed by atoms with E-state index in [1.54, 1.807) is 24.6 Å². The summed E-state index contributed by atoms with van der Waals surface area (Å²) < 4.78 is 6.69. The van der Waals surface area contributed by atoms with E-state index in [0.717, 1.165) is 11.3 Å². The zero-order valence-electron chi connectivity index (χ0n) is 11.2. The molecule has 0 atom stereocenters. The van der Waals surface area contributed by atoms with Gasteiger partial charge in [0.1, 0.15) is 11.6 Å². The van der Waals surface area contributed by atoms with Gasteiger partial charge in [-0.1, -0.05) is 0 Å². The van der Waals surface area contributed by atoms with Crippen LogP contribution in [-0.2, 0) is 11.3 Å². The molecule has 0 saturated heterocycles. The molecule has 7 heteroatoms. The molecule has 0 aliphatic carbocycles. The Hall–Kier alpha value is -2.31. The molecule has 0 aliphatic heterocycles. The SMILES string of the molecule is CCOC(=O)c1nc(C)n(Cc2cn[nH]c2C)c1N. The number of esters is 1. The summed E-state index contributed by atoms with van der Waals surface area (Å²) in [4.78, 5) is 15.9. The number of nitrogen functional groups attached to an aromatic ring is 1. The summed E-state index contributed by atoms with van der Waals surface area (Å²) >= 11 is 0. The van der Waals surface area contributed by atoms with Crippen LogP contribution in [0.15, 0.2) is 6.20 Å². The third-order valence-corrected chi connectivity index (χ3v) is 2.93. The van der Waals surface area contributed by atoms with Gasteiger partial charge < -0.3 is 15.0 Å². The number of nitrogens with one attached hydrogen (secondary N) is 1. The highest BCUT2D eigenvalue weighted by Gasteiger charge is 2.20. The van der Waals surface area contributed by atoms with E-state index in [1.165, 1.54) is 0 Å². The Morgan fingerprint density at radius 3 is 2.84 bits per heavy atom. The minimum Gasteiger partial charge on any atom is -0.461 e. The molecule has 7 nitrogen and oxygen atoms in total. The standard InChI is InChI=1S/C12H17N5O2/c1-4-19-12(18)10-11(13)17(8(3)15-10)6-9-5-14-16-7(9)2/h5H,4,6,13H2,1-3H3,(H,14,16). The zero-order chi connectivity index (χ0) is 14.0. The average Bonchev–Trinajstić information content (AvgIpc) is 2.88. The first-order valence-electron chi connectivity index (χ1n) is 6.03. The maximum atomic E-state index is 11.7. The minimum absolute atomic E-state index is 0.167. The molecule has 0 radical (unpaired) electrons. The van der Waals surface area contributed by atoms with E-state index in [1.807, 2.05) is 6.92 Å². The maximum absolute atomic E-state index is 11.7. The van der Waals surface area contributed by atoms with Gasteiger partial charge >= 0.3 is 5.97 Å². The van der Waals surface area contributed by atoms with E-state index in [0.29, 0.717) is 24.8 Å². The van der Waals surface area contributed by atoms with E-state index in [2.05, 4.69) is 15.2 Å². The fourth-order valence-corrected chi connectivity index (χ4v) is 1.84. The molecule has 3 N–H and O–H groups in total. The Morgan fingerprint density at radius 1 is 1.53 bits per heavy atom. The Morgan fingerprint density at radius 2 is 2.26 bits per heavy atom. The second kappa shape index (κ2) is 5.13. The van der Waals surface area contributed by atoms with Crippen LogP contribution in [0.2, 0.25) is 0 Å². The van der Waals surface area contributed by atoms with Crippen molar-refractivity contribution in [2.45, 2.75) is 27.3 Å². The average molecular weight is 263 g/mol. The molecule has 0 fully saturated rings. The molecule has 2 aromatic heterocycles. The van der Waals surface area contributed by atoms with Crippen molar-refractivity contribution in [2.75, 3.05) is 12.3 Å². The van der Waals surface area contributed by atoms with E-state index < -0.39 is 5.97 Å². The molecule has 0 saturated carbocycles. The Bertz CT molecular complexity index is 599. The molecule has 0 unspecified atom stereocenters. The second-order valence-corrected chi connectivity index (χ2v) is 4.22. The van der Waals surface area contributed by atoms with Gasteiger partial charge in [-0.3, -0.25) is 5.10 Å². The summed E-state index contributed by atoms with van der Waals surface area (Å²) in [5.74, 6) is 0.489. The number of anilines is 1. The number of carbonyl (C=O) groups excluding carboxylic acids is 1. The predicted octanol–water partition coefficient (Wildman–Crippen LogP) is 1.03. The van der Waals surface area contributed by atoms with E-state index in [-0.39, 0.29) is 5.69 Å². The van der Waals surface area contributed by atoms with Crippen molar-refractivity contribution in [3.63, 3.8) is 0 Å². The number of aryl methyl sites for hydroxylation is 2. The molecule has 0 bridgehead atoms. The molecule has 19 heavy (non-hydrogen) atoms. The molecule has 2 aromatic rings. The molecular weight excluding hydrogens is 246 g/mol. The molecule has 0 aromatic carbocycles. The van der Waals surface area contributed by atoms with Gasteiger partial charge in [0.25, 0.3) is 0 Å². The van der Waals surface area contributed by atoms with Crippen molar-refractivity contribution >= 4 is 11.8 Å². The van der Waals surface area contributed by atoms with Crippen LogP contribution in [0.3, 0.4) is 0 Å². The van der Waals surface area contributed by atoms with Crippen molar-refractivity contribution in [1.29, 1.82) is 0 Å². The largest absolute Gasteiger partial charge is 0.461 e. The quantitative estimate of drug-likeness (QED) is 0.803. The fraction of sp³-hybridized carbons (Fsp3) is 0.417. The number of hydrogen-bond donors (Lipinski definition) is 2. The first-order valence-corrected chi connectivity index (χ1v) is 6.03. The van der Waals surface area contributed by atoms with Crippen LogP contribution in [0, 0.1) is 13.8 Å². The van der Waals surface area contributed by atoms with Gasteiger partial charge in [0, 0.05) is 11.3 Å². The highest BCUT2D eigenvalue weighted by atomic mass is 16.5. The van der Waals surface area contributed by atoms with Crippen LogP contribution in [0.1, 0.15) is 34.5 Å². The summed E-state index contributed by atoms with van der Waals surface area (Å²) in [7, 11) is 0. The van der Waals surface area contributed by atoms with Crippen LogP contribution >= 0.6 is 0 Å². The first kappa shape index (κ1) is 13.1. The van der Waals surface area contributed by atoms with Crippen LogP contribution in [0.5, 0.6) is 0 Å². The number of H-pyrrole nitrogens is 1. The summed E-state index contributed by atoms with van der Waals surface area (Å²) in [6.45, 7) is 6.29. The summed E-state index contributed by atoms with van der Waals surface area (Å²) in [5.41, 5.74) is 8.10. The predicted molar refractivity (Wildman–Crippen MR) is 69.8 cm³/mol. The number of ether oxygens (including phenoxy) is 1. The fourth-order valence-electron chi connectivity index (χ4n) is 1.84. The number of aromatic amines is 1. The van der Waals surface area contributed by atoms with Crippen LogP contribution < -0.4 is 5.73 Å². The lowest BCUT2D eigenvalue weighted by atomic mass is 10.2. The van der Waals surface area contributed by atoms with Crippen LogP contribution in [0.4, 0.5) is 5.82 Å². The smallest absolute Gasteiger partial charge is 0.360 e. The van der Waals surface area contributed by atoms with Gasteiger partial charge in [0.2, 0.25) is 0 Å². The Kier molecular flexibility index (Phi) is 3.55. The zero-order valence-corrected chi connectivity index (χ0v) is 11.2. The number of aromatic nitrogens is 4. The topological polar surface area (TPSA) is 98.8 Å². The normalized spacial score (nSPS) is 10.7. The van der Waals surface area contributed by atoms with Crippen molar-refractivity contribution in [3.05, 3.63) is 29.0 Å². The molecular formula is C12H17N5O2. The van der Waals surface area contributed by atoms with Crippen LogP contribution in [0.25, 0.3) is 0 Å². The lowest BCUT2D eigenvalue weighted by Crippen LogP contribution is -2.11. The third-order valence-electron chi connectivity index (χ3n) is 2.93. The van der Waals surface area contributed by atoms with E-state index in [9.17, 15) is 4.79 Å². The number of rotatable bonds is 4. The summed E-state index contributed by atoms with van der Waals surface area (Å²) in [6, 6.07) is 0. The van der Waals surface area contributed by atoms with Gasteiger partial charge in [0.15, 0.2) is 5.69 Å². The van der Waals surface area contributed by atoms with E-state index in [4.69, 9.17) is 10.5 Å². The molecule has 0 aliphatic rings.